The monoisotopic (exact) mass is 475 g/mol. The lowest BCUT2D eigenvalue weighted by molar-refractivity contribution is -0.126. The first-order valence-corrected chi connectivity index (χ1v) is 11.7. The Kier molecular flexibility index (Phi) is 7.82. The van der Waals surface area contributed by atoms with Crippen LogP contribution in [0.2, 0.25) is 0 Å². The van der Waals surface area contributed by atoms with Gasteiger partial charge in [0.2, 0.25) is 11.8 Å². The summed E-state index contributed by atoms with van der Waals surface area (Å²) in [6.07, 6.45) is 5.34. The Bertz CT molecular complexity index is 1140. The van der Waals surface area contributed by atoms with E-state index < -0.39 is 17.9 Å². The molecule has 0 spiro atoms. The van der Waals surface area contributed by atoms with Crippen LogP contribution in [0.25, 0.3) is 0 Å². The molecule has 1 fully saturated rings. The van der Waals surface area contributed by atoms with Gasteiger partial charge in [0.1, 0.15) is 11.8 Å². The lowest BCUT2D eigenvalue weighted by Crippen LogP contribution is -2.49. The van der Waals surface area contributed by atoms with Gasteiger partial charge in [0, 0.05) is 11.7 Å². The molecule has 2 aromatic carbocycles. The predicted octanol–water partition coefficient (Wildman–Crippen LogP) is 3.85. The van der Waals surface area contributed by atoms with E-state index in [4.69, 9.17) is 9.15 Å². The second-order valence-electron chi connectivity index (χ2n) is 8.43. The van der Waals surface area contributed by atoms with Crippen LogP contribution in [-0.4, -0.2) is 37.4 Å². The van der Waals surface area contributed by atoms with Crippen molar-refractivity contribution in [2.24, 2.45) is 0 Å². The van der Waals surface area contributed by atoms with Crippen LogP contribution in [0, 0.1) is 0 Å². The normalized spacial score (nSPS) is 14.2. The highest BCUT2D eigenvalue weighted by Crippen LogP contribution is 2.31. The average Bonchev–Trinajstić information content (AvgIpc) is 3.61. The standard InChI is InChI=1S/C27H29N3O5/c1-34-22-14-7-9-19(17-22)25(27(33)29-20-10-5-6-11-20)30(21-12-3-2-4-13-21)24(31)18-28-26(32)23-15-8-16-35-23/h2-4,7-9,12-17,20,25H,5-6,10-11,18H2,1H3,(H,28,32)(H,29,33)/t25-/m1/s1. The number of benzene rings is 2. The Hall–Kier alpha value is -4.07. The van der Waals surface area contributed by atoms with Crippen LogP contribution in [0.5, 0.6) is 5.75 Å². The number of hydrogen-bond donors (Lipinski definition) is 2. The van der Waals surface area contributed by atoms with Crippen molar-refractivity contribution in [2.75, 3.05) is 18.6 Å². The lowest BCUT2D eigenvalue weighted by atomic mass is 10.0. The fraction of sp³-hybridized carbons (Fsp3) is 0.296. The zero-order valence-electron chi connectivity index (χ0n) is 19.6. The second kappa shape index (κ2) is 11.4. The van der Waals surface area contributed by atoms with E-state index in [2.05, 4.69) is 10.6 Å². The van der Waals surface area contributed by atoms with Crippen LogP contribution >= 0.6 is 0 Å². The number of ether oxygens (including phenoxy) is 1. The first kappa shape index (κ1) is 24.1. The van der Waals surface area contributed by atoms with Gasteiger partial charge in [-0.2, -0.15) is 0 Å². The lowest BCUT2D eigenvalue weighted by Gasteiger charge is -2.32. The van der Waals surface area contributed by atoms with Gasteiger partial charge in [-0.15, -0.1) is 0 Å². The largest absolute Gasteiger partial charge is 0.497 e. The van der Waals surface area contributed by atoms with Crippen molar-refractivity contribution in [3.05, 3.63) is 84.3 Å². The Morgan fingerprint density at radius 3 is 2.49 bits per heavy atom. The van der Waals surface area contributed by atoms with Gasteiger partial charge in [0.05, 0.1) is 19.9 Å². The summed E-state index contributed by atoms with van der Waals surface area (Å²) in [6.45, 7) is -0.314. The number of carbonyl (C=O) groups is 3. The Balaban J connectivity index is 1.68. The van der Waals surface area contributed by atoms with Crippen molar-refractivity contribution in [3.8, 4) is 5.75 Å². The number of furan rings is 1. The second-order valence-corrected chi connectivity index (χ2v) is 8.43. The number of para-hydroxylation sites is 1. The molecule has 3 aromatic rings. The fourth-order valence-corrected chi connectivity index (χ4v) is 4.34. The smallest absolute Gasteiger partial charge is 0.287 e. The third kappa shape index (κ3) is 5.90. The topological polar surface area (TPSA) is 101 Å². The van der Waals surface area contributed by atoms with E-state index in [-0.39, 0.29) is 24.3 Å². The number of hydrogen-bond acceptors (Lipinski definition) is 5. The zero-order chi connectivity index (χ0) is 24.6. The molecule has 182 valence electrons. The van der Waals surface area contributed by atoms with E-state index in [1.807, 2.05) is 6.07 Å². The molecular formula is C27H29N3O5. The van der Waals surface area contributed by atoms with Gasteiger partial charge in [0.25, 0.3) is 5.91 Å². The van der Waals surface area contributed by atoms with Crippen molar-refractivity contribution in [1.29, 1.82) is 0 Å². The summed E-state index contributed by atoms with van der Waals surface area (Å²) in [5.74, 6) is -0.546. The van der Waals surface area contributed by atoms with E-state index >= 15 is 0 Å². The Morgan fingerprint density at radius 2 is 1.80 bits per heavy atom. The minimum absolute atomic E-state index is 0.0713. The van der Waals surface area contributed by atoms with Gasteiger partial charge < -0.3 is 19.8 Å². The van der Waals surface area contributed by atoms with E-state index in [9.17, 15) is 14.4 Å². The molecule has 1 aliphatic carbocycles. The highest BCUT2D eigenvalue weighted by Gasteiger charge is 2.34. The fourth-order valence-electron chi connectivity index (χ4n) is 4.34. The SMILES string of the molecule is COc1cccc([C@H](C(=O)NC2CCCC2)N(C(=O)CNC(=O)c2ccco2)c2ccccc2)c1. The summed E-state index contributed by atoms with van der Waals surface area (Å²) in [5.41, 5.74) is 1.15. The maximum absolute atomic E-state index is 13.7. The molecule has 3 amide bonds. The summed E-state index contributed by atoms with van der Waals surface area (Å²) in [4.78, 5) is 41.1. The molecule has 0 saturated heterocycles. The molecule has 35 heavy (non-hydrogen) atoms. The number of anilines is 1. The molecule has 0 unspecified atom stereocenters. The molecule has 0 aliphatic heterocycles. The van der Waals surface area contributed by atoms with Crippen LogP contribution in [0.15, 0.2) is 77.4 Å². The molecule has 8 heteroatoms. The van der Waals surface area contributed by atoms with Gasteiger partial charge in [-0.05, 0) is 54.8 Å². The van der Waals surface area contributed by atoms with E-state index in [1.165, 1.54) is 17.2 Å². The molecule has 1 aliphatic rings. The number of nitrogens with zero attached hydrogens (tertiary/aromatic N) is 1. The first-order valence-electron chi connectivity index (χ1n) is 11.7. The van der Waals surface area contributed by atoms with Crippen LogP contribution in [0.3, 0.4) is 0 Å². The number of nitrogens with one attached hydrogen (secondary N) is 2. The van der Waals surface area contributed by atoms with Gasteiger partial charge in [-0.25, -0.2) is 0 Å². The van der Waals surface area contributed by atoms with Crippen molar-refractivity contribution in [3.63, 3.8) is 0 Å². The maximum atomic E-state index is 13.7. The minimum Gasteiger partial charge on any atom is -0.497 e. The van der Waals surface area contributed by atoms with Crippen molar-refractivity contribution in [1.82, 2.24) is 10.6 Å². The first-order chi connectivity index (χ1) is 17.1. The van der Waals surface area contributed by atoms with E-state index in [0.29, 0.717) is 17.0 Å². The summed E-state index contributed by atoms with van der Waals surface area (Å²) in [5, 5.41) is 5.73. The van der Waals surface area contributed by atoms with Crippen molar-refractivity contribution >= 4 is 23.4 Å². The Morgan fingerprint density at radius 1 is 1.03 bits per heavy atom. The van der Waals surface area contributed by atoms with Crippen LogP contribution in [-0.2, 0) is 9.59 Å². The third-order valence-electron chi connectivity index (χ3n) is 6.07. The number of methoxy groups -OCH3 is 1. The summed E-state index contributed by atoms with van der Waals surface area (Å²) < 4.78 is 10.5. The molecule has 8 nitrogen and oxygen atoms in total. The van der Waals surface area contributed by atoms with Crippen LogP contribution in [0.4, 0.5) is 5.69 Å². The van der Waals surface area contributed by atoms with Gasteiger partial charge in [-0.1, -0.05) is 43.2 Å². The van der Waals surface area contributed by atoms with E-state index in [1.54, 1.807) is 61.7 Å². The molecular weight excluding hydrogens is 446 g/mol. The van der Waals surface area contributed by atoms with Gasteiger partial charge >= 0.3 is 0 Å². The molecule has 0 bridgehead atoms. The molecule has 1 atom stereocenters. The molecule has 1 saturated carbocycles. The molecule has 4 rings (SSSR count). The maximum Gasteiger partial charge on any atom is 0.287 e. The van der Waals surface area contributed by atoms with Crippen molar-refractivity contribution < 1.29 is 23.5 Å². The molecule has 1 heterocycles. The highest BCUT2D eigenvalue weighted by molar-refractivity contribution is 6.04. The molecule has 0 radical (unpaired) electrons. The Labute approximate surface area is 204 Å². The van der Waals surface area contributed by atoms with Crippen LogP contribution in [0.1, 0.15) is 47.8 Å². The molecule has 1 aromatic heterocycles. The van der Waals surface area contributed by atoms with Crippen molar-refractivity contribution in [2.45, 2.75) is 37.8 Å². The van der Waals surface area contributed by atoms with Gasteiger partial charge in [0.15, 0.2) is 5.76 Å². The summed E-state index contributed by atoms with van der Waals surface area (Å²) in [7, 11) is 1.55. The number of carbonyl (C=O) groups excluding carboxylic acids is 3. The average molecular weight is 476 g/mol. The van der Waals surface area contributed by atoms with E-state index in [0.717, 1.165) is 25.7 Å². The van der Waals surface area contributed by atoms with Gasteiger partial charge in [-0.3, -0.25) is 19.3 Å². The third-order valence-corrected chi connectivity index (χ3v) is 6.07. The molecule has 2 N–H and O–H groups in total. The van der Waals surface area contributed by atoms with Crippen LogP contribution < -0.4 is 20.3 Å². The number of amides is 3. The predicted molar refractivity (Wildman–Crippen MR) is 131 cm³/mol. The number of rotatable bonds is 9. The minimum atomic E-state index is -0.957. The highest BCUT2D eigenvalue weighted by atomic mass is 16.5. The quantitative estimate of drug-likeness (QED) is 0.490. The summed E-state index contributed by atoms with van der Waals surface area (Å²) in [6, 6.07) is 18.3. The summed E-state index contributed by atoms with van der Waals surface area (Å²) >= 11 is 0. The zero-order valence-corrected chi connectivity index (χ0v) is 19.6.